The van der Waals surface area contributed by atoms with E-state index in [1.165, 1.54) is 64.2 Å². The Labute approximate surface area is 296 Å². The van der Waals surface area contributed by atoms with E-state index in [1.807, 2.05) is 0 Å². The summed E-state index contributed by atoms with van der Waals surface area (Å²) in [5.41, 5.74) is 0. The van der Waals surface area contributed by atoms with Crippen molar-refractivity contribution in [3.8, 4) is 0 Å². The van der Waals surface area contributed by atoms with Crippen molar-refractivity contribution in [1.29, 1.82) is 0 Å². The highest BCUT2D eigenvalue weighted by Crippen LogP contribution is 2.31. The van der Waals surface area contributed by atoms with Crippen LogP contribution in [-0.2, 0) is 19.1 Å². The molecular formula is C43H74O5. The molecule has 0 bridgehead atoms. The quantitative estimate of drug-likeness (QED) is 0.0427. The van der Waals surface area contributed by atoms with Crippen molar-refractivity contribution in [1.82, 2.24) is 0 Å². The molecule has 1 saturated heterocycles. The van der Waals surface area contributed by atoms with Gasteiger partial charge in [0.2, 0.25) is 0 Å². The molecule has 0 spiro atoms. The summed E-state index contributed by atoms with van der Waals surface area (Å²) in [6.07, 6.45) is 45.2. The number of hydrogen-bond donors (Lipinski definition) is 1. The van der Waals surface area contributed by atoms with Crippen molar-refractivity contribution in [2.45, 2.75) is 199 Å². The number of allylic oxidation sites excluding steroid dienone is 8. The molecule has 5 heteroatoms. The van der Waals surface area contributed by atoms with E-state index in [1.54, 1.807) is 0 Å². The lowest BCUT2D eigenvalue weighted by Gasteiger charge is -2.39. The molecule has 0 aromatic carbocycles. The summed E-state index contributed by atoms with van der Waals surface area (Å²) < 4.78 is 12.1. The fourth-order valence-corrected chi connectivity index (χ4v) is 6.16. The number of aliphatic hydroxyl groups is 1. The van der Waals surface area contributed by atoms with Gasteiger partial charge in [-0.1, -0.05) is 127 Å². The first-order chi connectivity index (χ1) is 23.6. The minimum atomic E-state index is -1.75. The molecule has 1 aliphatic rings. The first-order valence-electron chi connectivity index (χ1n) is 20.2. The average Bonchev–Trinajstić information content (AvgIpc) is 3.10. The molecule has 1 N–H and O–H groups in total. The minimum absolute atomic E-state index is 0.0769. The van der Waals surface area contributed by atoms with Crippen LogP contribution in [0.3, 0.4) is 0 Å². The molecule has 276 valence electrons. The molecule has 0 aliphatic carbocycles. The number of carbonyl (C=O) groups is 2. The van der Waals surface area contributed by atoms with E-state index >= 15 is 0 Å². The van der Waals surface area contributed by atoms with E-state index in [-0.39, 0.29) is 24.3 Å². The summed E-state index contributed by atoms with van der Waals surface area (Å²) in [6.45, 7) is 4.90. The molecule has 1 fully saturated rings. The van der Waals surface area contributed by atoms with E-state index in [2.05, 4.69) is 62.5 Å². The van der Waals surface area contributed by atoms with Gasteiger partial charge in [0.25, 0.3) is 5.79 Å². The van der Waals surface area contributed by atoms with Gasteiger partial charge in [-0.15, -0.1) is 0 Å². The smallest absolute Gasteiger partial charge is 0.290 e. The number of hydrogen-bond acceptors (Lipinski definition) is 5. The Kier molecular flexibility index (Phi) is 29.8. The Balaban J connectivity index is 2.34. The van der Waals surface area contributed by atoms with Gasteiger partial charge in [-0.25, -0.2) is 0 Å². The monoisotopic (exact) mass is 671 g/mol. The topological polar surface area (TPSA) is 72.8 Å². The van der Waals surface area contributed by atoms with Crippen LogP contribution in [0.5, 0.6) is 0 Å². The Morgan fingerprint density at radius 2 is 1.00 bits per heavy atom. The maximum atomic E-state index is 13.5. The van der Waals surface area contributed by atoms with Gasteiger partial charge in [-0.2, -0.15) is 0 Å². The number of ether oxygens (including phenoxy) is 2. The molecule has 1 heterocycles. The largest absolute Gasteiger partial charge is 0.396 e. The van der Waals surface area contributed by atoms with Crippen molar-refractivity contribution in [3.05, 3.63) is 48.6 Å². The van der Waals surface area contributed by atoms with Crippen molar-refractivity contribution >= 4 is 11.6 Å². The summed E-state index contributed by atoms with van der Waals surface area (Å²) >= 11 is 0. The second-order valence-electron chi connectivity index (χ2n) is 13.7. The van der Waals surface area contributed by atoms with Gasteiger partial charge in [0, 0.05) is 19.4 Å². The second-order valence-corrected chi connectivity index (χ2v) is 13.7. The van der Waals surface area contributed by atoms with Gasteiger partial charge in [-0.05, 0) is 96.3 Å². The first-order valence-corrected chi connectivity index (χ1v) is 20.2. The third-order valence-electron chi connectivity index (χ3n) is 9.21. The highest BCUT2D eigenvalue weighted by Gasteiger charge is 2.50. The van der Waals surface area contributed by atoms with E-state index in [4.69, 9.17) is 9.47 Å². The van der Waals surface area contributed by atoms with Crippen molar-refractivity contribution < 1.29 is 24.2 Å². The third kappa shape index (κ3) is 22.7. The maximum absolute atomic E-state index is 13.5. The zero-order valence-corrected chi connectivity index (χ0v) is 31.3. The van der Waals surface area contributed by atoms with Crippen LogP contribution < -0.4 is 0 Å². The Morgan fingerprint density at radius 1 is 0.583 bits per heavy atom. The first kappa shape index (κ1) is 44.2. The molecule has 1 unspecified atom stereocenters. The summed E-state index contributed by atoms with van der Waals surface area (Å²) in [4.78, 5) is 27.1. The predicted molar refractivity (Wildman–Crippen MR) is 203 cm³/mol. The SMILES string of the molecule is CCCCC/C=C\C/C=C\CCCCCCCC(=O)C1(C(=O)CCCCCCC/C=C\C/C=C\CCCCC)OCCC(CCCO)O1. The van der Waals surface area contributed by atoms with Crippen LogP contribution >= 0.6 is 0 Å². The number of carbonyl (C=O) groups excluding carboxylic acids is 2. The van der Waals surface area contributed by atoms with E-state index in [0.717, 1.165) is 77.0 Å². The predicted octanol–water partition coefficient (Wildman–Crippen LogP) is 12.0. The second kappa shape index (κ2) is 32.4. The Bertz CT molecular complexity index is 828. The normalized spacial score (nSPS) is 16.7. The molecular weight excluding hydrogens is 596 g/mol. The van der Waals surface area contributed by atoms with Gasteiger partial charge < -0.3 is 14.6 Å². The highest BCUT2D eigenvalue weighted by molar-refractivity contribution is 6.08. The van der Waals surface area contributed by atoms with Crippen LogP contribution in [0.15, 0.2) is 48.6 Å². The lowest BCUT2D eigenvalue weighted by atomic mass is 9.94. The summed E-state index contributed by atoms with van der Waals surface area (Å²) in [7, 11) is 0. The standard InChI is InChI=1S/C43H74O5/c1-3-5-7-9-11-13-15-17-19-21-23-25-27-29-31-35-41(45)43(47-39-37-40(48-43)34-33-38-44)42(46)36-32-30-28-26-24-22-20-18-16-14-12-10-8-6-4-2/h11-14,17-20,40,44H,3-10,15-16,21-39H2,1-2H3/b13-11-,14-12-,19-17-,20-18-. The third-order valence-corrected chi connectivity index (χ3v) is 9.21. The van der Waals surface area contributed by atoms with E-state index in [9.17, 15) is 14.7 Å². The number of unbranched alkanes of at least 4 members (excludes halogenated alkanes) is 16. The highest BCUT2D eigenvalue weighted by atomic mass is 16.7. The number of aliphatic hydroxyl groups excluding tert-OH is 1. The molecule has 0 aromatic rings. The van der Waals surface area contributed by atoms with Crippen LogP contribution in [-0.4, -0.2) is 41.8 Å². The molecule has 5 nitrogen and oxygen atoms in total. The van der Waals surface area contributed by atoms with Crippen LogP contribution in [0, 0.1) is 0 Å². The lowest BCUT2D eigenvalue weighted by molar-refractivity contribution is -0.265. The molecule has 0 radical (unpaired) electrons. The van der Waals surface area contributed by atoms with Crippen LogP contribution in [0.25, 0.3) is 0 Å². The molecule has 0 aromatic heterocycles. The van der Waals surface area contributed by atoms with Crippen LogP contribution in [0.4, 0.5) is 0 Å². The van der Waals surface area contributed by atoms with E-state index in [0.29, 0.717) is 38.7 Å². The number of Topliss-reactive ketones (excluding diaryl/α,β-unsaturated/α-hetero) is 2. The van der Waals surface area contributed by atoms with Gasteiger partial charge >= 0.3 is 0 Å². The van der Waals surface area contributed by atoms with Gasteiger partial charge in [0.05, 0.1) is 12.7 Å². The molecule has 0 amide bonds. The average molecular weight is 671 g/mol. The van der Waals surface area contributed by atoms with Crippen molar-refractivity contribution in [3.63, 3.8) is 0 Å². The molecule has 1 rings (SSSR count). The van der Waals surface area contributed by atoms with Crippen molar-refractivity contribution in [2.75, 3.05) is 13.2 Å². The van der Waals surface area contributed by atoms with Crippen molar-refractivity contribution in [2.24, 2.45) is 0 Å². The minimum Gasteiger partial charge on any atom is -0.396 e. The Morgan fingerprint density at radius 3 is 1.44 bits per heavy atom. The fraction of sp³-hybridized carbons (Fsp3) is 0.767. The van der Waals surface area contributed by atoms with Gasteiger partial charge in [0.15, 0.2) is 11.6 Å². The summed E-state index contributed by atoms with van der Waals surface area (Å²) in [5.74, 6) is -2.17. The zero-order chi connectivity index (χ0) is 34.8. The van der Waals surface area contributed by atoms with Gasteiger partial charge in [0.1, 0.15) is 0 Å². The molecule has 1 atom stereocenters. The number of rotatable bonds is 33. The van der Waals surface area contributed by atoms with Crippen LogP contribution in [0.2, 0.25) is 0 Å². The molecule has 1 aliphatic heterocycles. The maximum Gasteiger partial charge on any atom is 0.290 e. The van der Waals surface area contributed by atoms with Crippen LogP contribution in [0.1, 0.15) is 187 Å². The van der Waals surface area contributed by atoms with E-state index < -0.39 is 5.79 Å². The summed E-state index contributed by atoms with van der Waals surface area (Å²) in [6, 6.07) is 0. The zero-order valence-electron chi connectivity index (χ0n) is 31.3. The number of ketones is 2. The lowest BCUT2D eigenvalue weighted by Crippen LogP contribution is -2.56. The fourth-order valence-electron chi connectivity index (χ4n) is 6.16. The molecule has 48 heavy (non-hydrogen) atoms. The Hall–Kier alpha value is -1.82. The summed E-state index contributed by atoms with van der Waals surface area (Å²) in [5, 5.41) is 9.32. The van der Waals surface area contributed by atoms with Gasteiger partial charge in [-0.3, -0.25) is 9.59 Å². The molecule has 0 saturated carbocycles.